The molecule has 100 valence electrons. The Bertz CT molecular complexity index is 783. The van der Waals surface area contributed by atoms with Gasteiger partial charge < -0.3 is 4.57 Å². The summed E-state index contributed by atoms with van der Waals surface area (Å²) >= 11 is 0. The third-order valence-electron chi connectivity index (χ3n) is 4.45. The molecule has 20 heavy (non-hydrogen) atoms. The van der Waals surface area contributed by atoms with Crippen LogP contribution in [0.3, 0.4) is 0 Å². The Balaban J connectivity index is 1.91. The van der Waals surface area contributed by atoms with Gasteiger partial charge in [0.05, 0.1) is 11.7 Å². The molecule has 2 heteroatoms. The number of benzene rings is 1. The van der Waals surface area contributed by atoms with Gasteiger partial charge in [0.2, 0.25) is 0 Å². The van der Waals surface area contributed by atoms with Crippen LogP contribution in [-0.4, -0.2) is 9.55 Å². The average molecular weight is 262 g/mol. The third kappa shape index (κ3) is 1.75. The van der Waals surface area contributed by atoms with Gasteiger partial charge in [0.15, 0.2) is 0 Å². The monoisotopic (exact) mass is 262 g/mol. The van der Waals surface area contributed by atoms with E-state index < -0.39 is 0 Å². The minimum absolute atomic E-state index is 1.19. The SMILES string of the molecule is Cn1cc(-c2ccc3c(c2)CCCC3)c2ccncc21. The molecule has 0 amide bonds. The second-order valence-electron chi connectivity index (χ2n) is 5.74. The van der Waals surface area contributed by atoms with E-state index in [1.165, 1.54) is 47.7 Å². The predicted octanol–water partition coefficient (Wildman–Crippen LogP) is 4.12. The zero-order valence-electron chi connectivity index (χ0n) is 11.8. The summed E-state index contributed by atoms with van der Waals surface area (Å²) in [6, 6.07) is 9.11. The van der Waals surface area contributed by atoms with Crippen LogP contribution in [-0.2, 0) is 19.9 Å². The number of nitrogens with zero attached hydrogens (tertiary/aromatic N) is 2. The Morgan fingerprint density at radius 1 is 1.05 bits per heavy atom. The third-order valence-corrected chi connectivity index (χ3v) is 4.45. The van der Waals surface area contributed by atoms with Crippen molar-refractivity contribution >= 4 is 10.9 Å². The number of pyridine rings is 1. The number of rotatable bonds is 1. The summed E-state index contributed by atoms with van der Waals surface area (Å²) in [5.74, 6) is 0. The van der Waals surface area contributed by atoms with Gasteiger partial charge in [-0.15, -0.1) is 0 Å². The average Bonchev–Trinajstić information content (AvgIpc) is 2.85. The summed E-state index contributed by atoms with van der Waals surface area (Å²) in [5.41, 5.74) is 6.93. The number of hydrogen-bond acceptors (Lipinski definition) is 1. The molecule has 0 saturated heterocycles. The van der Waals surface area contributed by atoms with Crippen molar-refractivity contribution in [2.24, 2.45) is 7.05 Å². The van der Waals surface area contributed by atoms with Crippen LogP contribution < -0.4 is 0 Å². The Hall–Kier alpha value is -2.09. The Morgan fingerprint density at radius 3 is 2.80 bits per heavy atom. The molecule has 0 spiro atoms. The minimum Gasteiger partial charge on any atom is -0.349 e. The fourth-order valence-electron chi connectivity index (χ4n) is 3.36. The van der Waals surface area contributed by atoms with E-state index in [1.807, 2.05) is 12.4 Å². The lowest BCUT2D eigenvalue weighted by atomic mass is 9.89. The van der Waals surface area contributed by atoms with Crippen LogP contribution in [0.5, 0.6) is 0 Å². The summed E-state index contributed by atoms with van der Waals surface area (Å²) in [6.45, 7) is 0. The zero-order chi connectivity index (χ0) is 13.5. The lowest BCUT2D eigenvalue weighted by Crippen LogP contribution is -2.02. The van der Waals surface area contributed by atoms with Crippen LogP contribution in [0.15, 0.2) is 42.9 Å². The molecular weight excluding hydrogens is 244 g/mol. The maximum Gasteiger partial charge on any atom is 0.0670 e. The molecule has 0 atom stereocenters. The largest absolute Gasteiger partial charge is 0.349 e. The van der Waals surface area contributed by atoms with Gasteiger partial charge in [-0.1, -0.05) is 18.2 Å². The molecule has 4 rings (SSSR count). The van der Waals surface area contributed by atoms with E-state index in [2.05, 4.69) is 47.1 Å². The van der Waals surface area contributed by atoms with Crippen LogP contribution in [0, 0.1) is 0 Å². The topological polar surface area (TPSA) is 17.8 Å². The minimum atomic E-state index is 1.19. The number of aromatic nitrogens is 2. The molecule has 0 saturated carbocycles. The highest BCUT2D eigenvalue weighted by molar-refractivity contribution is 5.95. The van der Waals surface area contributed by atoms with E-state index in [1.54, 1.807) is 11.1 Å². The zero-order valence-corrected chi connectivity index (χ0v) is 11.8. The van der Waals surface area contributed by atoms with E-state index in [-0.39, 0.29) is 0 Å². The molecule has 2 aromatic heterocycles. The molecule has 0 N–H and O–H groups in total. The maximum atomic E-state index is 4.23. The summed E-state index contributed by atoms with van der Waals surface area (Å²) in [7, 11) is 2.09. The smallest absolute Gasteiger partial charge is 0.0670 e. The molecule has 0 unspecified atom stereocenters. The summed E-state index contributed by atoms with van der Waals surface area (Å²) in [4.78, 5) is 4.23. The maximum absolute atomic E-state index is 4.23. The lowest BCUT2D eigenvalue weighted by Gasteiger charge is -2.16. The fourth-order valence-corrected chi connectivity index (χ4v) is 3.36. The van der Waals surface area contributed by atoms with E-state index in [9.17, 15) is 0 Å². The predicted molar refractivity (Wildman–Crippen MR) is 82.8 cm³/mol. The van der Waals surface area contributed by atoms with Gasteiger partial charge in [-0.25, -0.2) is 0 Å². The van der Waals surface area contributed by atoms with Crippen molar-refractivity contribution in [1.82, 2.24) is 9.55 Å². The summed E-state index contributed by atoms with van der Waals surface area (Å²) < 4.78 is 2.16. The highest BCUT2D eigenvalue weighted by Gasteiger charge is 2.13. The first-order chi connectivity index (χ1) is 9.83. The second-order valence-corrected chi connectivity index (χ2v) is 5.74. The van der Waals surface area contributed by atoms with Crippen LogP contribution in [0.4, 0.5) is 0 Å². The first-order valence-electron chi connectivity index (χ1n) is 7.34. The van der Waals surface area contributed by atoms with Crippen molar-refractivity contribution in [2.75, 3.05) is 0 Å². The quantitative estimate of drug-likeness (QED) is 0.645. The van der Waals surface area contributed by atoms with E-state index >= 15 is 0 Å². The molecular formula is C18H18N2. The van der Waals surface area contributed by atoms with E-state index in [0.717, 1.165) is 0 Å². The fraction of sp³-hybridized carbons (Fsp3) is 0.278. The van der Waals surface area contributed by atoms with Crippen LogP contribution in [0.2, 0.25) is 0 Å². The molecule has 0 fully saturated rings. The van der Waals surface area contributed by atoms with Crippen LogP contribution >= 0.6 is 0 Å². The number of aryl methyl sites for hydroxylation is 3. The van der Waals surface area contributed by atoms with Gasteiger partial charge in [-0.3, -0.25) is 4.98 Å². The van der Waals surface area contributed by atoms with Crippen LogP contribution in [0.25, 0.3) is 22.0 Å². The molecule has 1 aromatic carbocycles. The highest BCUT2D eigenvalue weighted by atomic mass is 14.9. The number of fused-ring (bicyclic) bond motifs is 2. The summed E-state index contributed by atoms with van der Waals surface area (Å²) in [5, 5.41) is 1.29. The van der Waals surface area contributed by atoms with Gasteiger partial charge in [0, 0.05) is 30.4 Å². The van der Waals surface area contributed by atoms with Crippen molar-refractivity contribution in [3.05, 3.63) is 54.0 Å². The first-order valence-corrected chi connectivity index (χ1v) is 7.34. The van der Waals surface area contributed by atoms with Crippen LogP contribution in [0.1, 0.15) is 24.0 Å². The van der Waals surface area contributed by atoms with Crippen molar-refractivity contribution in [1.29, 1.82) is 0 Å². The summed E-state index contributed by atoms with van der Waals surface area (Å²) in [6.07, 6.45) is 11.2. The normalized spacial score (nSPS) is 14.4. The molecule has 2 heterocycles. The Labute approximate surface area is 119 Å². The van der Waals surface area contributed by atoms with Crippen molar-refractivity contribution in [2.45, 2.75) is 25.7 Å². The molecule has 0 bridgehead atoms. The second kappa shape index (κ2) is 4.48. The molecule has 0 radical (unpaired) electrons. The molecule has 3 aromatic rings. The lowest BCUT2D eigenvalue weighted by molar-refractivity contribution is 0.686. The van der Waals surface area contributed by atoms with E-state index in [4.69, 9.17) is 0 Å². The standard InChI is InChI=1S/C18H18N2/c1-20-12-17(16-8-9-19-11-18(16)20)15-7-6-13-4-2-3-5-14(13)10-15/h6-12H,2-5H2,1H3. The van der Waals surface area contributed by atoms with Gasteiger partial charge in [-0.2, -0.15) is 0 Å². The Morgan fingerprint density at radius 2 is 1.90 bits per heavy atom. The molecule has 1 aliphatic carbocycles. The van der Waals surface area contributed by atoms with Crippen molar-refractivity contribution in [3.8, 4) is 11.1 Å². The molecule has 0 aliphatic heterocycles. The molecule has 1 aliphatic rings. The van der Waals surface area contributed by atoms with Gasteiger partial charge in [0.25, 0.3) is 0 Å². The van der Waals surface area contributed by atoms with E-state index in [0.29, 0.717) is 0 Å². The van der Waals surface area contributed by atoms with Gasteiger partial charge in [-0.05, 0) is 48.4 Å². The first kappa shape index (κ1) is 11.7. The van der Waals surface area contributed by atoms with Crippen molar-refractivity contribution < 1.29 is 0 Å². The Kier molecular flexibility index (Phi) is 2.62. The molecule has 2 nitrogen and oxygen atoms in total. The number of hydrogen-bond donors (Lipinski definition) is 0. The van der Waals surface area contributed by atoms with Gasteiger partial charge >= 0.3 is 0 Å². The van der Waals surface area contributed by atoms with Crippen molar-refractivity contribution in [3.63, 3.8) is 0 Å². The van der Waals surface area contributed by atoms with Gasteiger partial charge in [0.1, 0.15) is 0 Å². The highest BCUT2D eigenvalue weighted by Crippen LogP contribution is 2.32.